The lowest BCUT2D eigenvalue weighted by Crippen LogP contribution is -2.33. The summed E-state index contributed by atoms with van der Waals surface area (Å²) in [5.74, 6) is 0. The van der Waals surface area contributed by atoms with Gasteiger partial charge in [0.2, 0.25) is 10.0 Å². The summed E-state index contributed by atoms with van der Waals surface area (Å²) in [4.78, 5) is 4.74. The van der Waals surface area contributed by atoms with E-state index in [-0.39, 0.29) is 17.8 Å². The molecule has 4 rings (SSSR count). The number of nitrogens with zero attached hydrogens (tertiary/aromatic N) is 2. The van der Waals surface area contributed by atoms with Gasteiger partial charge in [-0.3, -0.25) is 4.98 Å². The molecule has 0 aliphatic carbocycles. The average Bonchev–Trinajstić information content (AvgIpc) is 3.19. The Morgan fingerprint density at radius 2 is 2.08 bits per heavy atom. The number of halogens is 1. The normalized spacial score (nSPS) is 24.5. The molecule has 2 aliphatic heterocycles. The highest BCUT2D eigenvalue weighted by Crippen LogP contribution is 2.39. The van der Waals surface area contributed by atoms with Gasteiger partial charge in [-0.1, -0.05) is 6.07 Å². The predicted molar refractivity (Wildman–Crippen MR) is 97.0 cm³/mol. The molecule has 1 N–H and O–H groups in total. The number of rotatable bonds is 2. The first kappa shape index (κ1) is 17.6. The fraction of sp³-hybridized carbons (Fsp3) is 0.471. The van der Waals surface area contributed by atoms with Crippen LogP contribution in [0.1, 0.15) is 18.4 Å². The Hall–Kier alpha value is -1.21. The van der Waals surface area contributed by atoms with Crippen LogP contribution in [-0.4, -0.2) is 43.9 Å². The second kappa shape index (κ2) is 6.26. The van der Waals surface area contributed by atoms with E-state index in [0.29, 0.717) is 18.0 Å². The lowest BCUT2D eigenvalue weighted by molar-refractivity contribution is 0.338. The predicted octanol–water partition coefficient (Wildman–Crippen LogP) is 2.34. The summed E-state index contributed by atoms with van der Waals surface area (Å²) in [7, 11) is -3.48. The summed E-state index contributed by atoms with van der Waals surface area (Å²) in [5.41, 5.74) is 1.90. The molecular weight excluding hydrogens is 346 g/mol. The molecular formula is C17H22ClN3O2S. The number of fused-ring (bicyclic) bond motifs is 1. The number of pyridine rings is 1. The van der Waals surface area contributed by atoms with Gasteiger partial charge in [-0.2, -0.15) is 4.31 Å². The second-order valence-corrected chi connectivity index (χ2v) is 8.70. The molecule has 24 heavy (non-hydrogen) atoms. The van der Waals surface area contributed by atoms with Gasteiger partial charge in [0.15, 0.2) is 0 Å². The Labute approximate surface area is 148 Å². The Bertz CT molecular complexity index is 863. The van der Waals surface area contributed by atoms with Gasteiger partial charge in [0.25, 0.3) is 0 Å². The number of nitrogens with one attached hydrogen (secondary N) is 1. The Kier molecular flexibility index (Phi) is 4.59. The molecule has 0 saturated carbocycles. The first-order chi connectivity index (χ1) is 11.0. The fourth-order valence-electron chi connectivity index (χ4n) is 3.89. The van der Waals surface area contributed by atoms with Crippen LogP contribution in [0.2, 0.25) is 0 Å². The lowest BCUT2D eigenvalue weighted by Gasteiger charge is -2.23. The highest BCUT2D eigenvalue weighted by Gasteiger charge is 2.44. The van der Waals surface area contributed by atoms with Crippen molar-refractivity contribution in [1.29, 1.82) is 0 Å². The second-order valence-electron chi connectivity index (χ2n) is 6.80. The number of aryl methyl sites for hydroxylation is 1. The molecule has 1 aromatic carbocycles. The molecule has 2 aliphatic rings. The summed E-state index contributed by atoms with van der Waals surface area (Å²) in [5, 5.41) is 4.09. The van der Waals surface area contributed by atoms with Crippen molar-refractivity contribution in [3.63, 3.8) is 0 Å². The van der Waals surface area contributed by atoms with Crippen molar-refractivity contribution >= 4 is 33.3 Å². The monoisotopic (exact) mass is 367 g/mol. The maximum Gasteiger partial charge on any atom is 0.243 e. The molecule has 130 valence electrons. The van der Waals surface area contributed by atoms with E-state index in [1.807, 2.05) is 19.1 Å². The van der Waals surface area contributed by atoms with Crippen molar-refractivity contribution in [2.45, 2.75) is 24.7 Å². The molecule has 2 saturated heterocycles. The van der Waals surface area contributed by atoms with Gasteiger partial charge in [0.1, 0.15) is 0 Å². The van der Waals surface area contributed by atoms with Crippen LogP contribution in [0.15, 0.2) is 35.4 Å². The van der Waals surface area contributed by atoms with Gasteiger partial charge >= 0.3 is 0 Å². The topological polar surface area (TPSA) is 62.3 Å². The van der Waals surface area contributed by atoms with E-state index in [2.05, 4.69) is 10.3 Å². The third kappa shape index (κ3) is 2.71. The van der Waals surface area contributed by atoms with Gasteiger partial charge in [0, 0.05) is 31.2 Å². The van der Waals surface area contributed by atoms with Crippen molar-refractivity contribution in [2.75, 3.05) is 26.2 Å². The van der Waals surface area contributed by atoms with Crippen molar-refractivity contribution in [3.05, 3.63) is 36.0 Å². The van der Waals surface area contributed by atoms with Crippen LogP contribution < -0.4 is 5.32 Å². The standard InChI is InChI=1S/C17H21N3O2S.ClH/c1-13-4-5-15(14-3-2-8-19-16(13)14)23(21,22)20-10-7-17(12-20)6-9-18-11-17;/h2-5,8,18H,6-7,9-12H2,1H3;1H. The van der Waals surface area contributed by atoms with Gasteiger partial charge in [-0.25, -0.2) is 8.42 Å². The Balaban J connectivity index is 0.00000169. The first-order valence-electron chi connectivity index (χ1n) is 8.07. The third-order valence-corrected chi connectivity index (χ3v) is 7.19. The molecule has 1 atom stereocenters. The summed E-state index contributed by atoms with van der Waals surface area (Å²) < 4.78 is 28.0. The highest BCUT2D eigenvalue weighted by atomic mass is 35.5. The van der Waals surface area contributed by atoms with Crippen molar-refractivity contribution in [3.8, 4) is 0 Å². The van der Waals surface area contributed by atoms with Gasteiger partial charge in [-0.15, -0.1) is 12.4 Å². The van der Waals surface area contributed by atoms with Crippen molar-refractivity contribution in [1.82, 2.24) is 14.6 Å². The van der Waals surface area contributed by atoms with E-state index in [1.54, 1.807) is 22.6 Å². The number of hydrogen-bond acceptors (Lipinski definition) is 4. The van der Waals surface area contributed by atoms with Crippen LogP contribution in [0.25, 0.3) is 10.9 Å². The third-order valence-electron chi connectivity index (χ3n) is 5.28. The van der Waals surface area contributed by atoms with Crippen LogP contribution in [-0.2, 0) is 10.0 Å². The summed E-state index contributed by atoms with van der Waals surface area (Å²) >= 11 is 0. The Morgan fingerprint density at radius 3 is 2.83 bits per heavy atom. The SMILES string of the molecule is Cc1ccc(S(=O)(=O)N2CCC3(CCNC3)C2)c2cccnc12.Cl. The van der Waals surface area contributed by atoms with Crippen molar-refractivity contribution < 1.29 is 8.42 Å². The van der Waals surface area contributed by atoms with Gasteiger partial charge < -0.3 is 5.32 Å². The molecule has 0 amide bonds. The fourth-order valence-corrected chi connectivity index (χ4v) is 5.63. The van der Waals surface area contributed by atoms with Crippen LogP contribution in [0.4, 0.5) is 0 Å². The zero-order valence-corrected chi connectivity index (χ0v) is 15.3. The average molecular weight is 368 g/mol. The van der Waals surface area contributed by atoms with E-state index < -0.39 is 10.0 Å². The Morgan fingerprint density at radius 1 is 1.25 bits per heavy atom. The maximum absolute atomic E-state index is 13.2. The zero-order valence-electron chi connectivity index (χ0n) is 13.7. The number of benzene rings is 1. The molecule has 5 nitrogen and oxygen atoms in total. The minimum absolute atomic E-state index is 0. The van der Waals surface area contributed by atoms with Gasteiger partial charge in [0.05, 0.1) is 10.4 Å². The quantitative estimate of drug-likeness (QED) is 0.885. The molecule has 2 aromatic rings. The minimum Gasteiger partial charge on any atom is -0.316 e. The minimum atomic E-state index is -3.48. The van der Waals surface area contributed by atoms with E-state index in [0.717, 1.165) is 42.4 Å². The van der Waals surface area contributed by atoms with Crippen LogP contribution in [0, 0.1) is 12.3 Å². The van der Waals surface area contributed by atoms with Gasteiger partial charge in [-0.05, 0) is 55.5 Å². The lowest BCUT2D eigenvalue weighted by atomic mass is 9.87. The molecule has 3 heterocycles. The van der Waals surface area contributed by atoms with Crippen LogP contribution in [0.5, 0.6) is 0 Å². The number of hydrogen-bond donors (Lipinski definition) is 1. The van der Waals surface area contributed by atoms with Crippen molar-refractivity contribution in [2.24, 2.45) is 5.41 Å². The molecule has 0 radical (unpaired) electrons. The summed E-state index contributed by atoms with van der Waals surface area (Å²) in [6.45, 7) is 5.11. The van der Waals surface area contributed by atoms with E-state index in [9.17, 15) is 8.42 Å². The summed E-state index contributed by atoms with van der Waals surface area (Å²) in [6, 6.07) is 7.23. The van der Waals surface area contributed by atoms with E-state index >= 15 is 0 Å². The highest BCUT2D eigenvalue weighted by molar-refractivity contribution is 7.89. The molecule has 7 heteroatoms. The zero-order chi connectivity index (χ0) is 16.1. The van der Waals surface area contributed by atoms with E-state index in [4.69, 9.17) is 0 Å². The molecule has 0 bridgehead atoms. The van der Waals surface area contributed by atoms with Crippen LogP contribution in [0.3, 0.4) is 0 Å². The number of aromatic nitrogens is 1. The van der Waals surface area contributed by atoms with Crippen LogP contribution >= 0.6 is 12.4 Å². The smallest absolute Gasteiger partial charge is 0.243 e. The first-order valence-corrected chi connectivity index (χ1v) is 9.51. The maximum atomic E-state index is 13.2. The largest absolute Gasteiger partial charge is 0.316 e. The molecule has 1 spiro atoms. The van der Waals surface area contributed by atoms with E-state index in [1.165, 1.54) is 0 Å². The molecule has 2 fully saturated rings. The summed E-state index contributed by atoms with van der Waals surface area (Å²) in [6.07, 6.45) is 3.72. The molecule has 1 aromatic heterocycles. The number of sulfonamides is 1. The molecule has 1 unspecified atom stereocenters.